The van der Waals surface area contributed by atoms with Gasteiger partial charge in [0.1, 0.15) is 6.33 Å². The number of aromatic amines is 1. The highest BCUT2D eigenvalue weighted by molar-refractivity contribution is 5.90. The first-order chi connectivity index (χ1) is 11.6. The SMILES string of the molecule is CCNC(=O)Nc1nc2cc(-n3cnc(C(=O)OC)c3)ccc2[nH]1. The zero-order valence-corrected chi connectivity index (χ0v) is 13.2. The number of rotatable bonds is 4. The van der Waals surface area contributed by atoms with Crippen molar-refractivity contribution in [2.24, 2.45) is 0 Å². The van der Waals surface area contributed by atoms with E-state index in [2.05, 4.69) is 30.3 Å². The fourth-order valence-electron chi connectivity index (χ4n) is 2.20. The monoisotopic (exact) mass is 328 g/mol. The topological polar surface area (TPSA) is 114 Å². The molecule has 2 heterocycles. The number of nitrogens with zero attached hydrogens (tertiary/aromatic N) is 3. The van der Waals surface area contributed by atoms with Gasteiger partial charge in [-0.15, -0.1) is 0 Å². The number of amides is 2. The third-order valence-corrected chi connectivity index (χ3v) is 3.31. The molecule has 0 radical (unpaired) electrons. The van der Waals surface area contributed by atoms with Gasteiger partial charge in [-0.05, 0) is 25.1 Å². The summed E-state index contributed by atoms with van der Waals surface area (Å²) in [5.74, 6) is -0.142. The highest BCUT2D eigenvalue weighted by Gasteiger charge is 2.11. The van der Waals surface area contributed by atoms with Gasteiger partial charge >= 0.3 is 12.0 Å². The number of ether oxygens (including phenoxy) is 1. The molecule has 24 heavy (non-hydrogen) atoms. The Morgan fingerprint density at radius 3 is 2.96 bits per heavy atom. The van der Waals surface area contributed by atoms with Crippen molar-refractivity contribution in [3.63, 3.8) is 0 Å². The molecule has 124 valence electrons. The summed E-state index contributed by atoms with van der Waals surface area (Å²) < 4.78 is 6.33. The van der Waals surface area contributed by atoms with Crippen LogP contribution in [0.15, 0.2) is 30.7 Å². The van der Waals surface area contributed by atoms with Gasteiger partial charge in [-0.25, -0.2) is 19.6 Å². The lowest BCUT2D eigenvalue weighted by Crippen LogP contribution is -2.28. The standard InChI is InChI=1S/C15H16N6O3/c1-3-16-15(23)20-14-18-10-5-4-9(6-11(10)19-14)21-7-12(17-8-21)13(22)24-2/h4-8H,3H2,1-2H3,(H3,16,18,19,20,23). The van der Waals surface area contributed by atoms with Crippen LogP contribution < -0.4 is 10.6 Å². The van der Waals surface area contributed by atoms with E-state index in [0.29, 0.717) is 18.0 Å². The number of urea groups is 1. The molecule has 3 aromatic rings. The number of carbonyl (C=O) groups is 2. The van der Waals surface area contributed by atoms with Crippen molar-refractivity contribution < 1.29 is 14.3 Å². The summed E-state index contributed by atoms with van der Waals surface area (Å²) in [6, 6.07) is 5.17. The molecule has 3 N–H and O–H groups in total. The Morgan fingerprint density at radius 2 is 2.21 bits per heavy atom. The minimum absolute atomic E-state index is 0.221. The summed E-state index contributed by atoms with van der Waals surface area (Å²) >= 11 is 0. The predicted molar refractivity (Wildman–Crippen MR) is 87.3 cm³/mol. The third-order valence-electron chi connectivity index (χ3n) is 3.31. The van der Waals surface area contributed by atoms with E-state index in [-0.39, 0.29) is 11.7 Å². The van der Waals surface area contributed by atoms with E-state index in [4.69, 9.17) is 0 Å². The lowest BCUT2D eigenvalue weighted by Gasteiger charge is -2.00. The Bertz CT molecular complexity index is 898. The lowest BCUT2D eigenvalue weighted by molar-refractivity contribution is 0.0594. The van der Waals surface area contributed by atoms with E-state index in [1.807, 2.05) is 25.1 Å². The first-order valence-electron chi connectivity index (χ1n) is 7.28. The van der Waals surface area contributed by atoms with Gasteiger partial charge in [0.25, 0.3) is 0 Å². The number of benzene rings is 1. The van der Waals surface area contributed by atoms with E-state index in [1.54, 1.807) is 10.8 Å². The molecule has 0 spiro atoms. The van der Waals surface area contributed by atoms with Crippen LogP contribution in [0.25, 0.3) is 16.7 Å². The highest BCUT2D eigenvalue weighted by Crippen LogP contribution is 2.19. The van der Waals surface area contributed by atoms with E-state index in [1.165, 1.54) is 13.4 Å². The average molecular weight is 328 g/mol. The van der Waals surface area contributed by atoms with E-state index >= 15 is 0 Å². The predicted octanol–water partition coefficient (Wildman–Crippen LogP) is 1.68. The molecule has 9 heteroatoms. The Hall–Kier alpha value is -3.36. The molecule has 0 aliphatic rings. The fraction of sp³-hybridized carbons (Fsp3) is 0.200. The number of carbonyl (C=O) groups excluding carboxylic acids is 2. The summed E-state index contributed by atoms with van der Waals surface area (Å²) in [7, 11) is 1.31. The summed E-state index contributed by atoms with van der Waals surface area (Å²) in [5, 5.41) is 5.25. The van der Waals surface area contributed by atoms with Crippen molar-refractivity contribution in [2.45, 2.75) is 6.92 Å². The summed E-state index contributed by atoms with van der Waals surface area (Å²) in [6.45, 7) is 2.36. The molecular weight excluding hydrogens is 312 g/mol. The number of H-pyrrole nitrogens is 1. The third kappa shape index (κ3) is 3.05. The number of imidazole rings is 2. The van der Waals surface area contributed by atoms with Gasteiger partial charge in [0.15, 0.2) is 5.69 Å². The molecule has 0 saturated carbocycles. The summed E-state index contributed by atoms with van der Waals surface area (Å²) in [6.07, 6.45) is 3.10. The van der Waals surface area contributed by atoms with Crippen molar-refractivity contribution in [2.75, 3.05) is 19.0 Å². The number of methoxy groups -OCH3 is 1. The fourth-order valence-corrected chi connectivity index (χ4v) is 2.20. The minimum Gasteiger partial charge on any atom is -0.464 e. The van der Waals surface area contributed by atoms with Gasteiger partial charge < -0.3 is 19.6 Å². The van der Waals surface area contributed by atoms with E-state index in [9.17, 15) is 9.59 Å². The van der Waals surface area contributed by atoms with Crippen molar-refractivity contribution in [3.05, 3.63) is 36.4 Å². The molecule has 1 aromatic carbocycles. The zero-order valence-electron chi connectivity index (χ0n) is 13.2. The molecule has 2 aromatic heterocycles. The number of anilines is 1. The van der Waals surface area contributed by atoms with Crippen LogP contribution in [-0.4, -0.2) is 45.2 Å². The minimum atomic E-state index is -0.497. The van der Waals surface area contributed by atoms with Gasteiger partial charge in [0, 0.05) is 18.4 Å². The Balaban J connectivity index is 1.87. The second-order valence-corrected chi connectivity index (χ2v) is 4.93. The van der Waals surface area contributed by atoms with Crippen LogP contribution in [0.3, 0.4) is 0 Å². The zero-order chi connectivity index (χ0) is 17.1. The Morgan fingerprint density at radius 1 is 1.38 bits per heavy atom. The Kier molecular flexibility index (Phi) is 4.15. The number of nitrogens with one attached hydrogen (secondary N) is 3. The largest absolute Gasteiger partial charge is 0.464 e. The summed E-state index contributed by atoms with van der Waals surface area (Å²) in [5.41, 5.74) is 2.45. The van der Waals surface area contributed by atoms with Gasteiger partial charge in [-0.1, -0.05) is 0 Å². The van der Waals surface area contributed by atoms with Gasteiger partial charge in [0.05, 0.1) is 18.1 Å². The Labute approximate surface area is 137 Å². The van der Waals surface area contributed by atoms with Crippen molar-refractivity contribution in [3.8, 4) is 5.69 Å². The smallest absolute Gasteiger partial charge is 0.358 e. The van der Waals surface area contributed by atoms with Crippen LogP contribution in [-0.2, 0) is 4.74 Å². The second kappa shape index (κ2) is 6.41. The van der Waals surface area contributed by atoms with Gasteiger partial charge in [0.2, 0.25) is 5.95 Å². The number of hydrogen-bond donors (Lipinski definition) is 3. The van der Waals surface area contributed by atoms with Crippen LogP contribution >= 0.6 is 0 Å². The molecule has 0 bridgehead atoms. The highest BCUT2D eigenvalue weighted by atomic mass is 16.5. The molecule has 0 saturated heterocycles. The number of fused-ring (bicyclic) bond motifs is 1. The molecule has 0 fully saturated rings. The maximum atomic E-state index is 11.5. The van der Waals surface area contributed by atoms with Crippen LogP contribution in [0, 0.1) is 0 Å². The molecule has 0 unspecified atom stereocenters. The molecular formula is C15H16N6O3. The number of hydrogen-bond acceptors (Lipinski definition) is 5. The molecule has 0 atom stereocenters. The van der Waals surface area contributed by atoms with Crippen molar-refractivity contribution >= 4 is 29.0 Å². The van der Waals surface area contributed by atoms with E-state index < -0.39 is 5.97 Å². The van der Waals surface area contributed by atoms with Crippen LogP contribution in [0.4, 0.5) is 10.7 Å². The lowest BCUT2D eigenvalue weighted by atomic mass is 10.3. The van der Waals surface area contributed by atoms with Crippen LogP contribution in [0.5, 0.6) is 0 Å². The molecule has 9 nitrogen and oxygen atoms in total. The molecule has 0 aliphatic heterocycles. The number of aromatic nitrogens is 4. The van der Waals surface area contributed by atoms with Crippen molar-refractivity contribution in [1.82, 2.24) is 24.8 Å². The number of esters is 1. The first kappa shape index (κ1) is 15.5. The molecule has 0 aliphatic carbocycles. The van der Waals surface area contributed by atoms with Crippen LogP contribution in [0.1, 0.15) is 17.4 Å². The first-order valence-corrected chi connectivity index (χ1v) is 7.28. The average Bonchev–Trinajstić information content (AvgIpc) is 3.19. The van der Waals surface area contributed by atoms with Crippen molar-refractivity contribution in [1.29, 1.82) is 0 Å². The van der Waals surface area contributed by atoms with E-state index in [0.717, 1.165) is 11.2 Å². The van der Waals surface area contributed by atoms with Gasteiger partial charge in [-0.2, -0.15) is 0 Å². The maximum absolute atomic E-state index is 11.5. The maximum Gasteiger partial charge on any atom is 0.358 e. The molecule has 3 rings (SSSR count). The second-order valence-electron chi connectivity index (χ2n) is 4.93. The summed E-state index contributed by atoms with van der Waals surface area (Å²) in [4.78, 5) is 34.3. The quantitative estimate of drug-likeness (QED) is 0.630. The van der Waals surface area contributed by atoms with Gasteiger partial charge in [-0.3, -0.25) is 5.32 Å². The van der Waals surface area contributed by atoms with Crippen LogP contribution in [0.2, 0.25) is 0 Å². The normalized spacial score (nSPS) is 10.6. The molecule has 2 amide bonds.